The van der Waals surface area contributed by atoms with Crippen molar-refractivity contribution >= 4 is 84.6 Å². The van der Waals surface area contributed by atoms with E-state index in [0.29, 0.717) is 10.6 Å². The zero-order valence-corrected chi connectivity index (χ0v) is 40.7. The molecule has 2 unspecified atom stereocenters. The molecule has 2 aromatic heterocycles. The number of nitrogens with zero attached hydrogens (tertiary/aromatic N) is 5. The van der Waals surface area contributed by atoms with Gasteiger partial charge in [0.25, 0.3) is 20.2 Å². The first kappa shape index (κ1) is 58.5. The van der Waals surface area contributed by atoms with Gasteiger partial charge in [0.05, 0.1) is 39.0 Å². The Hall–Kier alpha value is -4.85. The number of imidazole rings is 1. The van der Waals surface area contributed by atoms with E-state index >= 15 is 0 Å². The molecule has 388 valence electrons. The number of imide groups is 1. The molecule has 69 heavy (non-hydrogen) atoms. The van der Waals surface area contributed by atoms with Crippen LogP contribution in [0.5, 0.6) is 0 Å². The lowest BCUT2D eigenvalue weighted by Crippen LogP contribution is -2.53. The Morgan fingerprint density at radius 3 is 2.09 bits per heavy atom. The summed E-state index contributed by atoms with van der Waals surface area (Å²) in [7, 11) is -6.19. The Morgan fingerprint density at radius 1 is 1.04 bits per heavy atom. The number of hydrogen-bond donors (Lipinski definition) is 3. The first-order chi connectivity index (χ1) is 31.3. The third-order valence-corrected chi connectivity index (χ3v) is 11.4. The summed E-state index contributed by atoms with van der Waals surface area (Å²) in [5, 5.41) is 10.7. The van der Waals surface area contributed by atoms with Crippen molar-refractivity contribution in [2.75, 3.05) is 38.1 Å². The molecule has 1 spiro atoms. The molecular weight excluding hydrogens is 1030 g/mol. The minimum absolute atomic E-state index is 0.0232. The molecular formula is C37H47Cl2F6N7O15S2. The summed E-state index contributed by atoms with van der Waals surface area (Å²) >= 11 is 12.2. The van der Waals surface area contributed by atoms with E-state index in [-0.39, 0.29) is 33.8 Å². The fraction of sp³-hybridized carbons (Fsp3) is 0.595. The van der Waals surface area contributed by atoms with Gasteiger partial charge in [0.1, 0.15) is 28.7 Å². The number of rotatable bonds is 10. The SMILES string of the molecule is CC(C)(C)N(C(=O)O)C(=O)OCC(F)(F)F.CC(C)(C)OC(=O)C(NC(=O)C[C@H]1[C@H](n2cnc3c(Cl)nc(N)nc32)OC2(COS(=O)(=O)C2)[C@@H]1OCc1ccc(Cl)cc1)C(F)(F)F.COS(C)(=O)=O. The minimum atomic E-state index is -5.21. The van der Waals surface area contributed by atoms with Crippen LogP contribution in [0.15, 0.2) is 30.6 Å². The van der Waals surface area contributed by atoms with E-state index < -0.39 is 123 Å². The third kappa shape index (κ3) is 17.2. The molecule has 4 N–H and O–H groups in total. The van der Waals surface area contributed by atoms with Gasteiger partial charge in [-0.2, -0.15) is 53.1 Å². The van der Waals surface area contributed by atoms with E-state index in [1.165, 1.54) is 52.4 Å². The summed E-state index contributed by atoms with van der Waals surface area (Å²) < 4.78 is 154. The van der Waals surface area contributed by atoms with Crippen LogP contribution in [0.1, 0.15) is 59.8 Å². The first-order valence-electron chi connectivity index (χ1n) is 19.5. The number of benzene rings is 1. The fourth-order valence-electron chi connectivity index (χ4n) is 6.25. The molecule has 3 aromatic rings. The van der Waals surface area contributed by atoms with Gasteiger partial charge in [-0.3, -0.25) is 17.7 Å². The Morgan fingerprint density at radius 2 is 1.62 bits per heavy atom. The number of nitrogens with two attached hydrogens (primary N) is 1. The quantitative estimate of drug-likeness (QED) is 0.0993. The summed E-state index contributed by atoms with van der Waals surface area (Å²) in [5.41, 5.74) is 2.29. The molecule has 0 radical (unpaired) electrons. The summed E-state index contributed by atoms with van der Waals surface area (Å²) in [6.07, 6.45) is -14.3. The van der Waals surface area contributed by atoms with Crippen molar-refractivity contribution in [2.24, 2.45) is 5.92 Å². The lowest BCUT2D eigenvalue weighted by Gasteiger charge is -2.30. The van der Waals surface area contributed by atoms with Gasteiger partial charge in [0.2, 0.25) is 17.9 Å². The second-order valence-corrected chi connectivity index (χ2v) is 21.0. The molecule has 32 heteroatoms. The van der Waals surface area contributed by atoms with Crippen LogP contribution in [0.3, 0.4) is 0 Å². The van der Waals surface area contributed by atoms with Crippen LogP contribution < -0.4 is 11.1 Å². The second kappa shape index (κ2) is 22.1. The number of carbonyl (C=O) groups excluding carboxylic acids is 3. The molecule has 2 saturated heterocycles. The van der Waals surface area contributed by atoms with Crippen LogP contribution >= 0.6 is 23.2 Å². The van der Waals surface area contributed by atoms with Gasteiger partial charge in [-0.1, -0.05) is 35.3 Å². The van der Waals surface area contributed by atoms with Gasteiger partial charge >= 0.3 is 30.5 Å². The third-order valence-electron chi connectivity index (χ3n) is 8.95. The van der Waals surface area contributed by atoms with Crippen molar-refractivity contribution in [1.82, 2.24) is 29.7 Å². The molecule has 5 rings (SSSR count). The van der Waals surface area contributed by atoms with E-state index in [0.717, 1.165) is 13.4 Å². The number of amides is 3. The first-order valence-corrected chi connectivity index (χ1v) is 23.6. The number of esters is 1. The van der Waals surface area contributed by atoms with Crippen LogP contribution in [0.4, 0.5) is 41.9 Å². The van der Waals surface area contributed by atoms with Gasteiger partial charge in [-0.15, -0.1) is 0 Å². The lowest BCUT2D eigenvalue weighted by molar-refractivity contribution is -0.193. The Kier molecular flexibility index (Phi) is 18.7. The number of fused-ring (bicyclic) bond motifs is 1. The van der Waals surface area contributed by atoms with E-state index in [1.807, 2.05) is 0 Å². The molecule has 3 amide bonds. The standard InChI is InChI=1S/C27H29Cl2F3N6O8S.C8H12F3NO4.C2H6O3S/c1-25(2,3)46-23(40)18(27(30,31)32)35-16(39)8-15-19(43-9-13-4-6-14(28)7-5-13)26(10-44-47(41,42)11-26)45-22(15)38-12-34-17-20(29)36-24(33)37-21(17)38;1-7(2,3)12(5(13)14)6(15)16-4-8(9,10)11;1-5-6(2,3)4/h4-7,12,15,18-19,22H,8-11H2,1-3H3,(H,35,39)(H2,33,36,37);4H2,1-3H3,(H,13,14);1-2H3/t15-,18?,19-,22-,26?;;/m1../s1. The van der Waals surface area contributed by atoms with E-state index in [2.05, 4.69) is 23.9 Å². The molecule has 1 aromatic carbocycles. The molecule has 0 saturated carbocycles. The zero-order chi connectivity index (χ0) is 52.9. The highest BCUT2D eigenvalue weighted by molar-refractivity contribution is 7.87. The van der Waals surface area contributed by atoms with Crippen molar-refractivity contribution in [2.45, 2.75) is 102 Å². The van der Waals surface area contributed by atoms with Gasteiger partial charge in [-0.25, -0.2) is 24.3 Å². The molecule has 2 fully saturated rings. The Bertz CT molecular complexity index is 2560. The second-order valence-electron chi connectivity index (χ2n) is 16.9. The number of alkyl halides is 6. The predicted octanol–water partition coefficient (Wildman–Crippen LogP) is 5.38. The maximum Gasteiger partial charge on any atom is 0.422 e. The summed E-state index contributed by atoms with van der Waals surface area (Å²) in [4.78, 5) is 60.1. The molecule has 2 aliphatic rings. The van der Waals surface area contributed by atoms with Crippen molar-refractivity contribution in [1.29, 1.82) is 0 Å². The monoisotopic (exact) mass is 1080 g/mol. The van der Waals surface area contributed by atoms with Crippen LogP contribution in [0, 0.1) is 5.92 Å². The number of carbonyl (C=O) groups is 4. The minimum Gasteiger partial charge on any atom is -0.465 e. The number of halogens is 8. The molecule has 5 atom stereocenters. The van der Waals surface area contributed by atoms with Crippen molar-refractivity contribution < 1.29 is 94.8 Å². The number of aromatic nitrogens is 4. The number of ether oxygens (including phenoxy) is 4. The highest BCUT2D eigenvalue weighted by Gasteiger charge is 2.63. The average Bonchev–Trinajstić information content (AvgIpc) is 3.82. The Labute approximate surface area is 400 Å². The topological polar surface area (TPSA) is 297 Å². The number of nitrogen functional groups attached to an aromatic ring is 1. The maximum absolute atomic E-state index is 14.0. The van der Waals surface area contributed by atoms with Crippen molar-refractivity contribution in [3.05, 3.63) is 46.3 Å². The maximum atomic E-state index is 14.0. The van der Waals surface area contributed by atoms with Crippen LogP contribution in [0.25, 0.3) is 11.2 Å². The number of nitrogens with one attached hydrogen (secondary N) is 1. The van der Waals surface area contributed by atoms with Gasteiger partial charge in [0, 0.05) is 22.9 Å². The summed E-state index contributed by atoms with van der Waals surface area (Å²) in [6, 6.07) is 3.47. The summed E-state index contributed by atoms with van der Waals surface area (Å²) in [5.74, 6) is -5.15. The molecule has 4 heterocycles. The number of anilines is 1. The van der Waals surface area contributed by atoms with Crippen molar-refractivity contribution in [3.8, 4) is 0 Å². The van der Waals surface area contributed by atoms with Crippen LogP contribution in [-0.2, 0) is 63.7 Å². The smallest absolute Gasteiger partial charge is 0.422 e. The van der Waals surface area contributed by atoms with Gasteiger partial charge in [-0.05, 0) is 59.2 Å². The number of carboxylic acid groups (broad SMARTS) is 1. The lowest BCUT2D eigenvalue weighted by atomic mass is 9.88. The largest absolute Gasteiger partial charge is 0.465 e. The molecule has 2 aliphatic heterocycles. The molecule has 0 bridgehead atoms. The van der Waals surface area contributed by atoms with Gasteiger partial charge < -0.3 is 35.1 Å². The summed E-state index contributed by atoms with van der Waals surface area (Å²) in [6.45, 7) is 5.69. The van der Waals surface area contributed by atoms with E-state index in [4.69, 9.17) is 52.4 Å². The zero-order valence-electron chi connectivity index (χ0n) is 37.5. The van der Waals surface area contributed by atoms with Crippen molar-refractivity contribution in [3.63, 3.8) is 0 Å². The van der Waals surface area contributed by atoms with Crippen LogP contribution in [0.2, 0.25) is 10.2 Å². The van der Waals surface area contributed by atoms with E-state index in [1.54, 1.807) is 29.6 Å². The molecule has 22 nitrogen and oxygen atoms in total. The number of hydrogen-bond acceptors (Lipinski definition) is 18. The van der Waals surface area contributed by atoms with E-state index in [9.17, 15) is 62.4 Å². The highest BCUT2D eigenvalue weighted by Crippen LogP contribution is 2.49. The molecule has 0 aliphatic carbocycles. The average molecular weight is 1080 g/mol. The van der Waals surface area contributed by atoms with Gasteiger partial charge in [0.15, 0.2) is 17.4 Å². The predicted molar refractivity (Wildman–Crippen MR) is 228 cm³/mol. The Balaban J connectivity index is 0.000000476. The highest BCUT2D eigenvalue weighted by atomic mass is 35.5. The fourth-order valence-corrected chi connectivity index (χ4v) is 7.97. The normalized spacial score (nSPS) is 20.8. The van der Waals surface area contributed by atoms with Crippen LogP contribution in [-0.4, -0.2) is 144 Å².